The first kappa shape index (κ1) is 20.0. The van der Waals surface area contributed by atoms with Crippen LogP contribution in [0.2, 0.25) is 0 Å². The monoisotopic (exact) mass is 418 g/mol. The Morgan fingerprint density at radius 1 is 0.828 bits per heavy atom. The molecule has 2 aliphatic rings. The Labute approximate surface area is 171 Å². The fraction of sp³-hybridized carbons (Fsp3) is 0.550. The maximum absolute atomic E-state index is 12.8. The average Bonchev–Trinajstić information content (AvgIpc) is 3.09. The van der Waals surface area contributed by atoms with E-state index >= 15 is 0 Å². The summed E-state index contributed by atoms with van der Waals surface area (Å²) >= 11 is 0. The van der Waals surface area contributed by atoms with Crippen molar-refractivity contribution in [2.75, 3.05) is 26.2 Å². The second-order valence-electron chi connectivity index (χ2n) is 7.61. The summed E-state index contributed by atoms with van der Waals surface area (Å²) in [4.78, 5) is 14.6. The first-order chi connectivity index (χ1) is 14.1. The smallest absolute Gasteiger partial charge is 0.311 e. The number of rotatable bonds is 4. The first-order valence-electron chi connectivity index (χ1n) is 10.3. The molecule has 0 unspecified atom stereocenters. The second-order valence-corrected chi connectivity index (χ2v) is 9.55. The van der Waals surface area contributed by atoms with E-state index in [4.69, 9.17) is 4.42 Å². The topological polar surface area (TPSA) is 96.6 Å². The predicted molar refractivity (Wildman–Crippen MR) is 107 cm³/mol. The number of sulfonamides is 1. The van der Waals surface area contributed by atoms with Crippen LogP contribution in [0.4, 0.5) is 0 Å². The van der Waals surface area contributed by atoms with Gasteiger partial charge in [0.05, 0.1) is 4.90 Å². The van der Waals surface area contributed by atoms with Gasteiger partial charge in [0.25, 0.3) is 0 Å². The molecule has 0 N–H and O–H groups in total. The number of likely N-dealkylation sites (tertiary alicyclic amines) is 1. The molecular formula is C20H26N4O4S. The van der Waals surface area contributed by atoms with E-state index in [1.807, 2.05) is 0 Å². The molecule has 0 aliphatic carbocycles. The van der Waals surface area contributed by atoms with E-state index in [0.717, 1.165) is 44.9 Å². The number of amides is 1. The third-order valence-corrected chi connectivity index (χ3v) is 7.47. The van der Waals surface area contributed by atoms with Gasteiger partial charge in [-0.3, -0.25) is 4.79 Å². The predicted octanol–water partition coefficient (Wildman–Crippen LogP) is 2.93. The van der Waals surface area contributed by atoms with E-state index in [1.165, 1.54) is 4.31 Å². The molecule has 2 saturated heterocycles. The number of aromatic nitrogens is 2. The lowest BCUT2D eigenvalue weighted by Crippen LogP contribution is -2.35. The Kier molecular flexibility index (Phi) is 5.96. The van der Waals surface area contributed by atoms with Gasteiger partial charge in [0.1, 0.15) is 0 Å². The molecule has 0 bridgehead atoms. The van der Waals surface area contributed by atoms with E-state index in [1.54, 1.807) is 29.2 Å². The normalized spacial score (nSPS) is 19.1. The van der Waals surface area contributed by atoms with Gasteiger partial charge in [-0.05, 0) is 49.9 Å². The zero-order valence-corrected chi connectivity index (χ0v) is 17.2. The highest BCUT2D eigenvalue weighted by molar-refractivity contribution is 7.89. The standard InChI is InChI=1S/C20H26N4O4S/c25-20(23-12-4-1-2-5-13-23)19-22-21-18(28-19)16-8-10-17(11-9-16)29(26,27)24-14-6-3-7-15-24/h8-11H,1-7,12-15H2. The molecule has 4 rings (SSSR count). The summed E-state index contributed by atoms with van der Waals surface area (Å²) in [6.45, 7) is 2.55. The summed E-state index contributed by atoms with van der Waals surface area (Å²) in [5.74, 6) is -0.0491. The molecule has 8 nitrogen and oxygen atoms in total. The lowest BCUT2D eigenvalue weighted by molar-refractivity contribution is 0.0722. The van der Waals surface area contributed by atoms with Gasteiger partial charge in [-0.25, -0.2) is 8.42 Å². The summed E-state index contributed by atoms with van der Waals surface area (Å²) in [7, 11) is -3.48. The molecule has 2 aliphatic heterocycles. The van der Waals surface area contributed by atoms with Gasteiger partial charge >= 0.3 is 11.8 Å². The largest absolute Gasteiger partial charge is 0.412 e. The van der Waals surface area contributed by atoms with Crippen LogP contribution >= 0.6 is 0 Å². The van der Waals surface area contributed by atoms with Crippen molar-refractivity contribution in [2.45, 2.75) is 49.8 Å². The number of carbonyl (C=O) groups is 1. The number of carbonyl (C=O) groups excluding carboxylic acids is 1. The zero-order chi connectivity index (χ0) is 20.3. The van der Waals surface area contributed by atoms with Crippen LogP contribution in [-0.2, 0) is 10.0 Å². The number of hydrogen-bond donors (Lipinski definition) is 0. The SMILES string of the molecule is O=C(c1nnc(-c2ccc(S(=O)(=O)N3CCCCC3)cc2)o1)N1CCCCCC1. The number of benzene rings is 1. The van der Waals surface area contributed by atoms with E-state index in [-0.39, 0.29) is 22.6 Å². The molecule has 0 atom stereocenters. The highest BCUT2D eigenvalue weighted by Crippen LogP contribution is 2.24. The highest BCUT2D eigenvalue weighted by Gasteiger charge is 2.26. The average molecular weight is 419 g/mol. The second kappa shape index (κ2) is 8.62. The zero-order valence-electron chi connectivity index (χ0n) is 16.4. The van der Waals surface area contributed by atoms with Crippen molar-refractivity contribution >= 4 is 15.9 Å². The van der Waals surface area contributed by atoms with Gasteiger partial charge in [-0.15, -0.1) is 10.2 Å². The van der Waals surface area contributed by atoms with Crippen LogP contribution < -0.4 is 0 Å². The van der Waals surface area contributed by atoms with E-state index in [2.05, 4.69) is 10.2 Å². The van der Waals surface area contributed by atoms with Crippen LogP contribution in [0.15, 0.2) is 33.6 Å². The van der Waals surface area contributed by atoms with Crippen molar-refractivity contribution in [1.29, 1.82) is 0 Å². The number of piperidine rings is 1. The summed E-state index contributed by atoms with van der Waals surface area (Å²) in [5.41, 5.74) is 0.588. The third kappa shape index (κ3) is 4.35. The van der Waals surface area contributed by atoms with Crippen LogP contribution in [0.3, 0.4) is 0 Å². The fourth-order valence-corrected chi connectivity index (χ4v) is 5.38. The van der Waals surface area contributed by atoms with Gasteiger partial charge < -0.3 is 9.32 Å². The molecule has 1 aromatic heterocycles. The molecule has 29 heavy (non-hydrogen) atoms. The maximum Gasteiger partial charge on any atom is 0.311 e. The van der Waals surface area contributed by atoms with Crippen molar-refractivity contribution < 1.29 is 17.6 Å². The molecule has 156 valence electrons. The summed E-state index contributed by atoms with van der Waals surface area (Å²) in [6, 6.07) is 6.40. The first-order valence-corrected chi connectivity index (χ1v) is 11.7. The fourth-order valence-electron chi connectivity index (χ4n) is 3.86. The van der Waals surface area contributed by atoms with Crippen molar-refractivity contribution in [3.8, 4) is 11.5 Å². The molecule has 0 spiro atoms. The summed E-state index contributed by atoms with van der Waals surface area (Å²) < 4.78 is 32.6. The van der Waals surface area contributed by atoms with Crippen LogP contribution in [0.5, 0.6) is 0 Å². The lowest BCUT2D eigenvalue weighted by Gasteiger charge is -2.25. The van der Waals surface area contributed by atoms with Crippen LogP contribution in [0, 0.1) is 0 Å². The van der Waals surface area contributed by atoms with Gasteiger partial charge in [0.2, 0.25) is 15.9 Å². The minimum Gasteiger partial charge on any atom is -0.412 e. The Morgan fingerprint density at radius 3 is 2.07 bits per heavy atom. The third-order valence-electron chi connectivity index (χ3n) is 5.56. The lowest BCUT2D eigenvalue weighted by atomic mass is 10.2. The van der Waals surface area contributed by atoms with E-state index in [9.17, 15) is 13.2 Å². The van der Waals surface area contributed by atoms with Gasteiger partial charge in [0, 0.05) is 31.7 Å². The molecule has 1 amide bonds. The maximum atomic E-state index is 12.8. The van der Waals surface area contributed by atoms with Crippen molar-refractivity contribution in [1.82, 2.24) is 19.4 Å². The molecule has 0 saturated carbocycles. The Bertz CT molecular complexity index is 941. The Hall–Kier alpha value is -2.26. The minimum atomic E-state index is -3.48. The molecule has 3 heterocycles. The van der Waals surface area contributed by atoms with Gasteiger partial charge in [-0.1, -0.05) is 19.3 Å². The summed E-state index contributed by atoms with van der Waals surface area (Å²) in [5, 5.41) is 7.89. The molecular weight excluding hydrogens is 392 g/mol. The molecule has 2 aromatic rings. The van der Waals surface area contributed by atoms with E-state index in [0.29, 0.717) is 31.7 Å². The van der Waals surface area contributed by atoms with Crippen molar-refractivity contribution in [3.05, 3.63) is 30.2 Å². The summed E-state index contributed by atoms with van der Waals surface area (Å²) in [6.07, 6.45) is 7.09. The molecule has 0 radical (unpaired) electrons. The van der Waals surface area contributed by atoms with E-state index < -0.39 is 10.0 Å². The molecule has 1 aromatic carbocycles. The quantitative estimate of drug-likeness (QED) is 0.757. The highest BCUT2D eigenvalue weighted by atomic mass is 32.2. The Morgan fingerprint density at radius 2 is 1.41 bits per heavy atom. The Balaban J connectivity index is 1.49. The van der Waals surface area contributed by atoms with Gasteiger partial charge in [-0.2, -0.15) is 4.31 Å². The van der Waals surface area contributed by atoms with Crippen LogP contribution in [0.25, 0.3) is 11.5 Å². The number of nitrogens with zero attached hydrogens (tertiary/aromatic N) is 4. The molecule has 9 heteroatoms. The van der Waals surface area contributed by atoms with Gasteiger partial charge in [0.15, 0.2) is 0 Å². The van der Waals surface area contributed by atoms with Crippen molar-refractivity contribution in [3.63, 3.8) is 0 Å². The molecule has 2 fully saturated rings. The van der Waals surface area contributed by atoms with Crippen LogP contribution in [0.1, 0.15) is 55.6 Å². The number of hydrogen-bond acceptors (Lipinski definition) is 6. The minimum absolute atomic E-state index is 0.0214. The van der Waals surface area contributed by atoms with Crippen molar-refractivity contribution in [2.24, 2.45) is 0 Å². The van der Waals surface area contributed by atoms with Crippen LogP contribution in [-0.4, -0.2) is 59.9 Å².